The predicted molar refractivity (Wildman–Crippen MR) is 185 cm³/mol. The standard InChI is InChI=1S/C33H36ClIN4O8/c1-5-44-26-15-21(30-29(32(41)43-4)19(3)37-33(42)38-30)11-12-25(26)46-18-28(40)39-36-16-20-13-24(35)31(27(14-20)45-6-2)47-17-22-9-7-8-10-23(22)34/h7-16,28,30,39-40H,5-6,17-18H2,1-4H3,(H2,37,38,42)/b36-16+/t28-,30+/m1/s1. The number of hydrogen-bond donors (Lipinski definition) is 4. The molecule has 0 saturated carbocycles. The number of aliphatic hydroxyl groups is 1. The van der Waals surface area contributed by atoms with Crippen LogP contribution in [0.1, 0.15) is 43.5 Å². The Morgan fingerprint density at radius 2 is 1.81 bits per heavy atom. The van der Waals surface area contributed by atoms with Crippen molar-refractivity contribution in [2.24, 2.45) is 5.10 Å². The summed E-state index contributed by atoms with van der Waals surface area (Å²) in [7, 11) is 1.27. The summed E-state index contributed by atoms with van der Waals surface area (Å²) in [5, 5.41) is 20.7. The van der Waals surface area contributed by atoms with Crippen molar-refractivity contribution in [3.05, 3.63) is 91.2 Å². The van der Waals surface area contributed by atoms with Crippen LogP contribution in [0.4, 0.5) is 4.79 Å². The summed E-state index contributed by atoms with van der Waals surface area (Å²) < 4.78 is 29.2. The topological polar surface area (TPSA) is 149 Å². The van der Waals surface area contributed by atoms with Gasteiger partial charge in [0, 0.05) is 16.3 Å². The van der Waals surface area contributed by atoms with Gasteiger partial charge in [-0.3, -0.25) is 5.43 Å². The molecule has 0 radical (unpaired) electrons. The second-order valence-electron chi connectivity index (χ2n) is 10.1. The summed E-state index contributed by atoms with van der Waals surface area (Å²) in [6.45, 7) is 6.21. The molecule has 1 aliphatic heterocycles. The fourth-order valence-corrected chi connectivity index (χ4v) is 5.62. The SMILES string of the molecule is CCOc1cc([C@@H]2NC(=O)NC(C)=C2C(=O)OC)ccc1OC[C@@H](O)N/N=C/c1cc(I)c(OCc2ccccc2Cl)c(OCC)c1. The van der Waals surface area contributed by atoms with Gasteiger partial charge in [0.1, 0.15) is 13.2 Å². The molecule has 12 nitrogen and oxygen atoms in total. The third-order valence-corrected chi connectivity index (χ3v) is 7.94. The van der Waals surface area contributed by atoms with Gasteiger partial charge < -0.3 is 39.4 Å². The van der Waals surface area contributed by atoms with E-state index in [2.05, 4.69) is 43.8 Å². The molecule has 2 atom stereocenters. The number of nitrogens with one attached hydrogen (secondary N) is 3. The molecule has 0 unspecified atom stereocenters. The van der Waals surface area contributed by atoms with Gasteiger partial charge in [0.05, 0.1) is 41.7 Å². The molecule has 14 heteroatoms. The Hall–Kier alpha value is -4.21. The highest BCUT2D eigenvalue weighted by molar-refractivity contribution is 14.1. The molecule has 1 heterocycles. The van der Waals surface area contributed by atoms with Crippen LogP contribution < -0.4 is 35.0 Å². The molecule has 4 rings (SSSR count). The van der Waals surface area contributed by atoms with Crippen LogP contribution in [0, 0.1) is 3.57 Å². The lowest BCUT2D eigenvalue weighted by molar-refractivity contribution is -0.136. The first-order chi connectivity index (χ1) is 22.6. The van der Waals surface area contributed by atoms with E-state index in [0.29, 0.717) is 52.5 Å². The molecular formula is C33H36ClIN4O8. The van der Waals surface area contributed by atoms with Crippen molar-refractivity contribution in [3.8, 4) is 23.0 Å². The van der Waals surface area contributed by atoms with E-state index in [1.807, 2.05) is 44.2 Å². The monoisotopic (exact) mass is 778 g/mol. The van der Waals surface area contributed by atoms with E-state index >= 15 is 0 Å². The molecule has 0 bridgehead atoms. The van der Waals surface area contributed by atoms with Crippen molar-refractivity contribution in [1.29, 1.82) is 0 Å². The fourth-order valence-electron chi connectivity index (χ4n) is 4.65. The third kappa shape index (κ3) is 9.42. The molecule has 3 aromatic carbocycles. The molecule has 0 saturated heterocycles. The fraction of sp³-hybridized carbons (Fsp3) is 0.303. The maximum Gasteiger partial charge on any atom is 0.337 e. The van der Waals surface area contributed by atoms with Crippen molar-refractivity contribution in [3.63, 3.8) is 0 Å². The number of hydrazone groups is 1. The number of aliphatic hydroxyl groups excluding tert-OH is 1. The lowest BCUT2D eigenvalue weighted by Gasteiger charge is -2.28. The van der Waals surface area contributed by atoms with Crippen LogP contribution in [0.3, 0.4) is 0 Å². The second kappa shape index (κ2) is 17.1. The van der Waals surface area contributed by atoms with Crippen LogP contribution in [0.15, 0.2) is 71.0 Å². The summed E-state index contributed by atoms with van der Waals surface area (Å²) in [6.07, 6.45) is 0.387. The summed E-state index contributed by atoms with van der Waals surface area (Å²) in [5.74, 6) is 1.29. The van der Waals surface area contributed by atoms with Gasteiger partial charge in [-0.15, -0.1) is 0 Å². The van der Waals surface area contributed by atoms with Crippen molar-refractivity contribution in [2.75, 3.05) is 26.9 Å². The van der Waals surface area contributed by atoms with Crippen molar-refractivity contribution >= 4 is 52.4 Å². The molecule has 3 aromatic rings. The van der Waals surface area contributed by atoms with Crippen molar-refractivity contribution in [1.82, 2.24) is 16.1 Å². The Balaban J connectivity index is 1.40. The van der Waals surface area contributed by atoms with E-state index in [9.17, 15) is 14.7 Å². The lowest BCUT2D eigenvalue weighted by atomic mass is 9.95. The Labute approximate surface area is 291 Å². The molecular weight excluding hydrogens is 743 g/mol. The molecule has 250 valence electrons. The summed E-state index contributed by atoms with van der Waals surface area (Å²) in [5.41, 5.74) is 5.47. The van der Waals surface area contributed by atoms with Crippen molar-refractivity contribution in [2.45, 2.75) is 39.6 Å². The maximum atomic E-state index is 12.5. The largest absolute Gasteiger partial charge is 0.490 e. The Bertz CT molecular complexity index is 1650. The number of amides is 2. The van der Waals surface area contributed by atoms with Gasteiger partial charge in [0.2, 0.25) is 0 Å². The molecule has 0 spiro atoms. The average Bonchev–Trinajstić information content (AvgIpc) is 3.04. The van der Waals surface area contributed by atoms with Crippen LogP contribution in [-0.4, -0.2) is 56.5 Å². The van der Waals surface area contributed by atoms with Gasteiger partial charge in [-0.05, 0) is 84.8 Å². The van der Waals surface area contributed by atoms with Gasteiger partial charge in [-0.25, -0.2) is 9.59 Å². The minimum Gasteiger partial charge on any atom is -0.490 e. The predicted octanol–water partition coefficient (Wildman–Crippen LogP) is 5.44. The first-order valence-corrected chi connectivity index (χ1v) is 16.2. The third-order valence-electron chi connectivity index (χ3n) is 6.77. The van der Waals surface area contributed by atoms with Gasteiger partial charge in [-0.1, -0.05) is 35.9 Å². The summed E-state index contributed by atoms with van der Waals surface area (Å²) in [6, 6.07) is 14.9. The van der Waals surface area contributed by atoms with Crippen LogP contribution in [0.25, 0.3) is 0 Å². The zero-order valence-corrected chi connectivity index (χ0v) is 29.2. The normalized spacial score (nSPS) is 15.0. The highest BCUT2D eigenvalue weighted by atomic mass is 127. The molecule has 0 aliphatic carbocycles. The Morgan fingerprint density at radius 3 is 2.53 bits per heavy atom. The summed E-state index contributed by atoms with van der Waals surface area (Å²) in [4.78, 5) is 24.7. The van der Waals surface area contributed by atoms with E-state index in [1.165, 1.54) is 7.11 Å². The maximum absolute atomic E-state index is 12.5. The molecule has 1 aliphatic rings. The zero-order chi connectivity index (χ0) is 33.9. The molecule has 47 heavy (non-hydrogen) atoms. The number of hydrogen-bond acceptors (Lipinski definition) is 10. The number of allylic oxidation sites excluding steroid dienone is 1. The number of esters is 1. The first-order valence-electron chi connectivity index (χ1n) is 14.7. The van der Waals surface area contributed by atoms with Gasteiger partial charge in [0.15, 0.2) is 29.2 Å². The highest BCUT2D eigenvalue weighted by Crippen LogP contribution is 2.36. The second-order valence-corrected chi connectivity index (χ2v) is 11.6. The van der Waals surface area contributed by atoms with Gasteiger partial charge in [-0.2, -0.15) is 5.10 Å². The molecule has 0 aromatic heterocycles. The molecule has 4 N–H and O–H groups in total. The minimum atomic E-state index is -1.16. The van der Waals surface area contributed by atoms with E-state index in [-0.39, 0.29) is 18.8 Å². The number of urea groups is 1. The van der Waals surface area contributed by atoms with Crippen LogP contribution >= 0.6 is 34.2 Å². The number of nitrogens with zero attached hydrogens (tertiary/aromatic N) is 1. The smallest absolute Gasteiger partial charge is 0.337 e. The van der Waals surface area contributed by atoms with Crippen molar-refractivity contribution < 1.29 is 38.4 Å². The number of carbonyl (C=O) groups excluding carboxylic acids is 2. The Kier molecular flexibility index (Phi) is 13.0. The van der Waals surface area contributed by atoms with Gasteiger partial charge in [0.25, 0.3) is 0 Å². The van der Waals surface area contributed by atoms with Crippen LogP contribution in [0.5, 0.6) is 23.0 Å². The van der Waals surface area contributed by atoms with E-state index in [1.54, 1.807) is 37.4 Å². The van der Waals surface area contributed by atoms with E-state index in [4.69, 9.17) is 35.3 Å². The number of halogens is 2. The zero-order valence-electron chi connectivity index (χ0n) is 26.3. The van der Waals surface area contributed by atoms with E-state index < -0.39 is 24.3 Å². The average molecular weight is 779 g/mol. The van der Waals surface area contributed by atoms with Crippen LogP contribution in [0.2, 0.25) is 5.02 Å². The first kappa shape index (κ1) is 35.6. The number of methoxy groups -OCH3 is 1. The van der Waals surface area contributed by atoms with Crippen LogP contribution in [-0.2, 0) is 16.1 Å². The lowest BCUT2D eigenvalue weighted by Crippen LogP contribution is -2.45. The number of benzene rings is 3. The minimum absolute atomic E-state index is 0.163. The number of carbonyl (C=O) groups is 2. The van der Waals surface area contributed by atoms with E-state index in [0.717, 1.165) is 14.7 Å². The number of ether oxygens (including phenoxy) is 5. The Morgan fingerprint density at radius 1 is 1.06 bits per heavy atom. The number of rotatable bonds is 15. The summed E-state index contributed by atoms with van der Waals surface area (Å²) >= 11 is 8.45. The van der Waals surface area contributed by atoms with Gasteiger partial charge >= 0.3 is 12.0 Å². The molecule has 2 amide bonds. The molecule has 0 fully saturated rings. The quantitative estimate of drug-likeness (QED) is 0.0521. The highest BCUT2D eigenvalue weighted by Gasteiger charge is 2.32.